The van der Waals surface area contributed by atoms with E-state index in [0.29, 0.717) is 34.9 Å². The van der Waals surface area contributed by atoms with E-state index in [2.05, 4.69) is 20.8 Å². The SMILES string of the molecule is CC(C)(C)c1ccc(Oc2ccc3cc(C(=O)N(CC(=O)O)Cc4ccccc4C(F)(F)F)nc(CC4CCCC4)c3c2)cc1. The third-order valence-corrected chi connectivity index (χ3v) is 8.31. The fourth-order valence-electron chi connectivity index (χ4n) is 5.94. The summed E-state index contributed by atoms with van der Waals surface area (Å²) < 4.78 is 47.3. The quantitative estimate of drug-likeness (QED) is 0.203. The number of benzene rings is 3. The molecule has 0 saturated heterocycles. The maximum Gasteiger partial charge on any atom is 0.416 e. The Bertz CT molecular complexity index is 1690. The van der Waals surface area contributed by atoms with Gasteiger partial charge in [-0.05, 0) is 70.7 Å². The van der Waals surface area contributed by atoms with E-state index >= 15 is 0 Å². The van der Waals surface area contributed by atoms with Gasteiger partial charge in [0, 0.05) is 17.6 Å². The fourth-order valence-corrected chi connectivity index (χ4v) is 5.94. The molecule has 6 nitrogen and oxygen atoms in total. The highest BCUT2D eigenvalue weighted by Crippen LogP contribution is 2.35. The Labute approximate surface area is 260 Å². The lowest BCUT2D eigenvalue weighted by Gasteiger charge is -2.23. The summed E-state index contributed by atoms with van der Waals surface area (Å²) in [6.07, 6.45) is 0.278. The number of aliphatic carboxylic acids is 1. The average Bonchev–Trinajstić information content (AvgIpc) is 3.49. The Morgan fingerprint density at radius 3 is 2.24 bits per heavy atom. The van der Waals surface area contributed by atoms with Gasteiger partial charge in [0.25, 0.3) is 5.91 Å². The Morgan fingerprint density at radius 1 is 0.933 bits per heavy atom. The van der Waals surface area contributed by atoms with Crippen molar-refractivity contribution < 1.29 is 32.6 Å². The third-order valence-electron chi connectivity index (χ3n) is 8.31. The van der Waals surface area contributed by atoms with Crippen LogP contribution in [0.1, 0.15) is 79.3 Å². The van der Waals surface area contributed by atoms with E-state index in [1.54, 1.807) is 12.1 Å². The topological polar surface area (TPSA) is 79.7 Å². The number of fused-ring (bicyclic) bond motifs is 1. The van der Waals surface area contributed by atoms with E-state index in [4.69, 9.17) is 9.72 Å². The fraction of sp³-hybridized carbons (Fsp3) is 0.361. The second kappa shape index (κ2) is 12.9. The number of carboxylic acids is 1. The van der Waals surface area contributed by atoms with Crippen molar-refractivity contribution in [1.29, 1.82) is 0 Å². The molecule has 1 fully saturated rings. The van der Waals surface area contributed by atoms with E-state index in [-0.39, 0.29) is 16.7 Å². The molecule has 1 heterocycles. The van der Waals surface area contributed by atoms with Crippen LogP contribution in [0.3, 0.4) is 0 Å². The van der Waals surface area contributed by atoms with Gasteiger partial charge in [-0.3, -0.25) is 9.59 Å². The molecule has 1 saturated carbocycles. The van der Waals surface area contributed by atoms with Gasteiger partial charge in [0.05, 0.1) is 5.56 Å². The molecule has 1 N–H and O–H groups in total. The van der Waals surface area contributed by atoms with Crippen LogP contribution in [0.5, 0.6) is 11.5 Å². The number of carbonyl (C=O) groups excluding carboxylic acids is 1. The Morgan fingerprint density at radius 2 is 1.60 bits per heavy atom. The summed E-state index contributed by atoms with van der Waals surface area (Å²) in [5, 5.41) is 11.1. The molecule has 0 bridgehead atoms. The molecule has 1 aliphatic carbocycles. The Balaban J connectivity index is 1.50. The molecule has 1 aromatic heterocycles. The molecule has 9 heteroatoms. The maximum atomic E-state index is 13.8. The summed E-state index contributed by atoms with van der Waals surface area (Å²) in [6, 6.07) is 19.9. The molecule has 4 aromatic rings. The molecule has 0 aliphatic heterocycles. The van der Waals surface area contributed by atoms with Crippen molar-refractivity contribution >= 4 is 22.6 Å². The molecule has 0 atom stereocenters. The number of carboxylic acid groups (broad SMARTS) is 1. The molecule has 5 rings (SSSR count). The van der Waals surface area contributed by atoms with E-state index < -0.39 is 36.7 Å². The van der Waals surface area contributed by atoms with Crippen molar-refractivity contribution in [2.24, 2.45) is 5.92 Å². The average molecular weight is 619 g/mol. The number of alkyl halides is 3. The van der Waals surface area contributed by atoms with Crippen LogP contribution in [0.2, 0.25) is 0 Å². The van der Waals surface area contributed by atoms with Gasteiger partial charge in [0.2, 0.25) is 0 Å². The second-order valence-corrected chi connectivity index (χ2v) is 12.8. The van der Waals surface area contributed by atoms with Crippen molar-refractivity contribution in [2.45, 2.75) is 71.0 Å². The Kier molecular flexibility index (Phi) is 9.18. The number of rotatable bonds is 9. The molecular weight excluding hydrogens is 581 g/mol. The number of ether oxygens (including phenoxy) is 1. The van der Waals surface area contributed by atoms with Gasteiger partial charge in [-0.1, -0.05) is 82.9 Å². The normalized spacial score (nSPS) is 14.1. The van der Waals surface area contributed by atoms with Gasteiger partial charge in [0.15, 0.2) is 0 Å². The van der Waals surface area contributed by atoms with Gasteiger partial charge in [0.1, 0.15) is 23.7 Å². The molecule has 45 heavy (non-hydrogen) atoms. The molecular formula is C36H37F3N2O4. The lowest BCUT2D eigenvalue weighted by Crippen LogP contribution is -2.36. The van der Waals surface area contributed by atoms with Crippen molar-refractivity contribution in [2.75, 3.05) is 6.54 Å². The highest BCUT2D eigenvalue weighted by molar-refractivity contribution is 5.98. The lowest BCUT2D eigenvalue weighted by atomic mass is 9.87. The summed E-state index contributed by atoms with van der Waals surface area (Å²) in [5.41, 5.74) is 0.771. The van der Waals surface area contributed by atoms with Gasteiger partial charge < -0.3 is 14.7 Å². The van der Waals surface area contributed by atoms with Crippen LogP contribution in [0.4, 0.5) is 13.2 Å². The first-order valence-corrected chi connectivity index (χ1v) is 15.2. The number of carbonyl (C=O) groups is 2. The molecule has 0 unspecified atom stereocenters. The minimum atomic E-state index is -4.65. The van der Waals surface area contributed by atoms with Gasteiger partial charge in [-0.15, -0.1) is 0 Å². The number of pyridine rings is 1. The zero-order valence-corrected chi connectivity index (χ0v) is 25.7. The number of hydrogen-bond donors (Lipinski definition) is 1. The van der Waals surface area contributed by atoms with Gasteiger partial charge in [-0.25, -0.2) is 4.98 Å². The summed E-state index contributed by atoms with van der Waals surface area (Å²) in [6.45, 7) is 5.13. The minimum absolute atomic E-state index is 0.00678. The van der Waals surface area contributed by atoms with Gasteiger partial charge in [-0.2, -0.15) is 13.2 Å². The van der Waals surface area contributed by atoms with E-state index in [9.17, 15) is 27.9 Å². The van der Waals surface area contributed by atoms with Crippen LogP contribution >= 0.6 is 0 Å². The van der Waals surface area contributed by atoms with Crippen LogP contribution in [-0.2, 0) is 29.4 Å². The second-order valence-electron chi connectivity index (χ2n) is 12.8. The molecule has 1 aliphatic rings. The summed E-state index contributed by atoms with van der Waals surface area (Å²) in [7, 11) is 0. The van der Waals surface area contributed by atoms with Crippen LogP contribution < -0.4 is 4.74 Å². The van der Waals surface area contributed by atoms with Crippen LogP contribution in [0.15, 0.2) is 72.8 Å². The van der Waals surface area contributed by atoms with E-state index in [1.165, 1.54) is 23.8 Å². The lowest BCUT2D eigenvalue weighted by molar-refractivity contribution is -0.138. The number of hydrogen-bond acceptors (Lipinski definition) is 4. The Hall–Kier alpha value is -4.40. The number of aromatic nitrogens is 1. The monoisotopic (exact) mass is 618 g/mol. The zero-order valence-electron chi connectivity index (χ0n) is 25.7. The maximum absolute atomic E-state index is 13.8. The largest absolute Gasteiger partial charge is 0.480 e. The van der Waals surface area contributed by atoms with Crippen molar-refractivity contribution in [3.05, 3.63) is 101 Å². The molecule has 1 amide bonds. The first-order valence-electron chi connectivity index (χ1n) is 15.2. The number of nitrogens with zero attached hydrogens (tertiary/aromatic N) is 2. The van der Waals surface area contributed by atoms with Crippen molar-refractivity contribution in [3.63, 3.8) is 0 Å². The first-order chi connectivity index (χ1) is 21.3. The van der Waals surface area contributed by atoms with Crippen molar-refractivity contribution in [3.8, 4) is 11.5 Å². The zero-order chi connectivity index (χ0) is 32.4. The van der Waals surface area contributed by atoms with Crippen LogP contribution in [0.25, 0.3) is 10.8 Å². The summed E-state index contributed by atoms with van der Waals surface area (Å²) in [5.74, 6) is -0.409. The predicted octanol–water partition coefficient (Wildman–Crippen LogP) is 8.80. The summed E-state index contributed by atoms with van der Waals surface area (Å²) in [4.78, 5) is 31.1. The van der Waals surface area contributed by atoms with E-state index in [0.717, 1.165) is 42.0 Å². The summed E-state index contributed by atoms with van der Waals surface area (Å²) >= 11 is 0. The smallest absolute Gasteiger partial charge is 0.416 e. The highest BCUT2D eigenvalue weighted by Gasteiger charge is 2.34. The molecule has 0 spiro atoms. The molecule has 0 radical (unpaired) electrons. The van der Waals surface area contributed by atoms with Crippen molar-refractivity contribution in [1.82, 2.24) is 9.88 Å². The number of halogens is 3. The first kappa shape index (κ1) is 32.0. The van der Waals surface area contributed by atoms with Crippen LogP contribution in [0, 0.1) is 5.92 Å². The highest BCUT2D eigenvalue weighted by atomic mass is 19.4. The van der Waals surface area contributed by atoms with Gasteiger partial charge >= 0.3 is 12.1 Å². The molecule has 3 aromatic carbocycles. The molecule has 236 valence electrons. The third kappa shape index (κ3) is 7.82. The van der Waals surface area contributed by atoms with Crippen LogP contribution in [-0.4, -0.2) is 33.4 Å². The number of amides is 1. The predicted molar refractivity (Wildman–Crippen MR) is 166 cm³/mol. The standard InChI is InChI=1S/C36H37F3N2O4/c1-35(2,3)26-13-16-27(17-14-26)45-28-15-12-24-19-32(40-31(29(24)20-28)18-23-8-4-5-9-23)34(44)41(22-33(42)43)21-25-10-6-7-11-30(25)36(37,38)39/h6-7,10-17,19-20,23H,4-5,8-9,18,21-22H2,1-3H3,(H,42,43). The van der Waals surface area contributed by atoms with E-state index in [1.807, 2.05) is 36.4 Å². The minimum Gasteiger partial charge on any atom is -0.480 e.